The minimum Gasteiger partial charge on any atom is -0.491 e. The minimum atomic E-state index is -0.611. The van der Waals surface area contributed by atoms with Gasteiger partial charge < -0.3 is 19.7 Å². The van der Waals surface area contributed by atoms with E-state index in [0.717, 1.165) is 48.8 Å². The number of ether oxygens (including phenoxy) is 2. The predicted octanol–water partition coefficient (Wildman–Crippen LogP) is 2.79. The molecule has 2 heterocycles. The average Bonchev–Trinajstić information content (AvgIpc) is 2.64. The summed E-state index contributed by atoms with van der Waals surface area (Å²) in [4.78, 5) is 14.7. The summed E-state index contributed by atoms with van der Waals surface area (Å²) < 4.78 is 12.0. The molecule has 2 aliphatic rings. The van der Waals surface area contributed by atoms with Crippen molar-refractivity contribution in [1.29, 1.82) is 0 Å². The van der Waals surface area contributed by atoms with Gasteiger partial charge in [-0.3, -0.25) is 4.79 Å². The number of halogens is 1. The lowest BCUT2D eigenvalue weighted by atomic mass is 9.97. The Morgan fingerprint density at radius 1 is 1.36 bits per heavy atom. The summed E-state index contributed by atoms with van der Waals surface area (Å²) in [7, 11) is 0. The molecule has 1 N–H and O–H groups in total. The highest BCUT2D eigenvalue weighted by atomic mass is 35.5. The van der Waals surface area contributed by atoms with Crippen LogP contribution in [-0.2, 0) is 9.53 Å². The third-order valence-electron chi connectivity index (χ3n) is 4.95. The Balaban J connectivity index is 1.65. The van der Waals surface area contributed by atoms with E-state index in [2.05, 4.69) is 5.32 Å². The number of hydrogen-bond acceptors (Lipinski definition) is 4. The number of carbonyl (C=O) groups excluding carboxylic acids is 1. The molecule has 1 aromatic carbocycles. The zero-order chi connectivity index (χ0) is 17.7. The van der Waals surface area contributed by atoms with Crippen LogP contribution in [0, 0.1) is 6.92 Å². The molecular weight excluding hydrogens is 340 g/mol. The number of rotatable bonds is 5. The Morgan fingerprint density at radius 2 is 2.16 bits per heavy atom. The first kappa shape index (κ1) is 18.5. The number of amides is 1. The normalized spacial score (nSPS) is 24.2. The molecule has 138 valence electrons. The highest BCUT2D eigenvalue weighted by molar-refractivity contribution is 6.31. The molecule has 25 heavy (non-hydrogen) atoms. The Hall–Kier alpha value is -1.30. The summed E-state index contributed by atoms with van der Waals surface area (Å²) in [5.41, 5.74) is 0.362. The van der Waals surface area contributed by atoms with E-state index in [9.17, 15) is 4.79 Å². The van der Waals surface area contributed by atoms with Crippen LogP contribution >= 0.6 is 11.6 Å². The number of likely N-dealkylation sites (tertiary alicyclic amines) is 1. The van der Waals surface area contributed by atoms with E-state index in [1.807, 2.05) is 30.0 Å². The standard InChI is InChI=1S/C19H27ClN2O3/c1-15-11-16(5-6-17(15)20)24-14-19(13-21-7-10-25-19)12-18(23)22-8-3-2-4-9-22/h5-6,11,21H,2-4,7-10,12-14H2,1H3/t19-/m1/s1. The first-order valence-electron chi connectivity index (χ1n) is 9.09. The van der Waals surface area contributed by atoms with E-state index in [4.69, 9.17) is 21.1 Å². The van der Waals surface area contributed by atoms with E-state index in [0.29, 0.717) is 26.2 Å². The summed E-state index contributed by atoms with van der Waals surface area (Å²) in [6.45, 7) is 6.04. The molecule has 2 saturated heterocycles. The molecule has 0 bridgehead atoms. The number of benzene rings is 1. The lowest BCUT2D eigenvalue weighted by Gasteiger charge is -2.38. The molecule has 0 aromatic heterocycles. The van der Waals surface area contributed by atoms with Crippen molar-refractivity contribution in [2.45, 2.75) is 38.2 Å². The van der Waals surface area contributed by atoms with Crippen LogP contribution in [0.5, 0.6) is 5.75 Å². The van der Waals surface area contributed by atoms with Crippen LogP contribution in [0.2, 0.25) is 5.02 Å². The Morgan fingerprint density at radius 3 is 2.84 bits per heavy atom. The second-order valence-corrected chi connectivity index (χ2v) is 7.43. The van der Waals surface area contributed by atoms with Crippen molar-refractivity contribution in [2.75, 3.05) is 39.4 Å². The maximum absolute atomic E-state index is 12.7. The number of carbonyl (C=O) groups is 1. The first-order valence-corrected chi connectivity index (χ1v) is 9.47. The number of nitrogens with one attached hydrogen (secondary N) is 1. The Bertz CT molecular complexity index is 596. The second-order valence-electron chi connectivity index (χ2n) is 7.03. The zero-order valence-corrected chi connectivity index (χ0v) is 15.6. The summed E-state index contributed by atoms with van der Waals surface area (Å²) in [5, 5.41) is 4.06. The number of hydrogen-bond donors (Lipinski definition) is 1. The van der Waals surface area contributed by atoms with E-state index in [1.54, 1.807) is 0 Å². The van der Waals surface area contributed by atoms with Gasteiger partial charge in [0.25, 0.3) is 0 Å². The molecule has 0 unspecified atom stereocenters. The van der Waals surface area contributed by atoms with Crippen LogP contribution in [0.15, 0.2) is 18.2 Å². The van der Waals surface area contributed by atoms with Gasteiger partial charge in [0.1, 0.15) is 18.0 Å². The van der Waals surface area contributed by atoms with Crippen LogP contribution in [0.3, 0.4) is 0 Å². The smallest absolute Gasteiger partial charge is 0.225 e. The van der Waals surface area contributed by atoms with Gasteiger partial charge in [0.15, 0.2) is 0 Å². The second kappa shape index (κ2) is 8.39. The van der Waals surface area contributed by atoms with Crippen LogP contribution in [0.1, 0.15) is 31.2 Å². The van der Waals surface area contributed by atoms with E-state index >= 15 is 0 Å². The largest absolute Gasteiger partial charge is 0.491 e. The van der Waals surface area contributed by atoms with Gasteiger partial charge in [-0.05, 0) is 49.9 Å². The molecule has 0 spiro atoms. The van der Waals surface area contributed by atoms with Crippen molar-refractivity contribution in [3.8, 4) is 5.75 Å². The third-order valence-corrected chi connectivity index (χ3v) is 5.37. The zero-order valence-electron chi connectivity index (χ0n) is 14.9. The first-order chi connectivity index (χ1) is 12.1. The van der Waals surface area contributed by atoms with E-state index in [1.165, 1.54) is 6.42 Å². The van der Waals surface area contributed by atoms with Crippen molar-refractivity contribution in [1.82, 2.24) is 10.2 Å². The molecule has 6 heteroatoms. The van der Waals surface area contributed by atoms with Crippen LogP contribution in [0.25, 0.3) is 0 Å². The van der Waals surface area contributed by atoms with Gasteiger partial charge in [0.2, 0.25) is 5.91 Å². The fraction of sp³-hybridized carbons (Fsp3) is 0.632. The molecule has 2 aliphatic heterocycles. The molecule has 1 atom stereocenters. The number of piperidine rings is 1. The topological polar surface area (TPSA) is 50.8 Å². The maximum Gasteiger partial charge on any atom is 0.225 e. The average molecular weight is 367 g/mol. The van der Waals surface area contributed by atoms with Gasteiger partial charge >= 0.3 is 0 Å². The monoisotopic (exact) mass is 366 g/mol. The fourth-order valence-corrected chi connectivity index (χ4v) is 3.53. The van der Waals surface area contributed by atoms with Gasteiger partial charge in [0.05, 0.1) is 13.0 Å². The summed E-state index contributed by atoms with van der Waals surface area (Å²) in [6.07, 6.45) is 3.76. The van der Waals surface area contributed by atoms with Crippen LogP contribution < -0.4 is 10.1 Å². The summed E-state index contributed by atoms with van der Waals surface area (Å²) in [5.74, 6) is 0.917. The number of morpholine rings is 1. The van der Waals surface area contributed by atoms with Gasteiger partial charge in [-0.2, -0.15) is 0 Å². The van der Waals surface area contributed by atoms with Crippen LogP contribution in [-0.4, -0.2) is 55.8 Å². The number of aryl methyl sites for hydroxylation is 1. The van der Waals surface area contributed by atoms with Gasteiger partial charge in [-0.15, -0.1) is 0 Å². The minimum absolute atomic E-state index is 0.166. The summed E-state index contributed by atoms with van der Waals surface area (Å²) >= 11 is 6.07. The SMILES string of the molecule is Cc1cc(OC[C@@]2(CC(=O)N3CCCCC3)CNCCO2)ccc1Cl. The fourth-order valence-electron chi connectivity index (χ4n) is 3.42. The van der Waals surface area contributed by atoms with Crippen molar-refractivity contribution in [3.05, 3.63) is 28.8 Å². The lowest BCUT2D eigenvalue weighted by molar-refractivity contribution is -0.146. The Labute approximate surface area is 154 Å². The van der Waals surface area contributed by atoms with Crippen molar-refractivity contribution in [2.24, 2.45) is 0 Å². The lowest BCUT2D eigenvalue weighted by Crippen LogP contribution is -2.56. The van der Waals surface area contributed by atoms with Crippen molar-refractivity contribution >= 4 is 17.5 Å². The Kier molecular flexibility index (Phi) is 6.20. The van der Waals surface area contributed by atoms with Gasteiger partial charge in [0, 0.05) is 31.2 Å². The molecule has 0 aliphatic carbocycles. The maximum atomic E-state index is 12.7. The molecular formula is C19H27ClN2O3. The van der Waals surface area contributed by atoms with E-state index in [-0.39, 0.29) is 5.91 Å². The number of nitrogens with zero attached hydrogens (tertiary/aromatic N) is 1. The van der Waals surface area contributed by atoms with Crippen molar-refractivity contribution in [3.63, 3.8) is 0 Å². The quantitative estimate of drug-likeness (QED) is 0.870. The highest BCUT2D eigenvalue weighted by Crippen LogP contribution is 2.25. The molecule has 2 fully saturated rings. The molecule has 3 rings (SSSR count). The molecule has 0 saturated carbocycles. The molecule has 5 nitrogen and oxygen atoms in total. The highest BCUT2D eigenvalue weighted by Gasteiger charge is 2.38. The molecule has 1 amide bonds. The van der Waals surface area contributed by atoms with Crippen molar-refractivity contribution < 1.29 is 14.3 Å². The van der Waals surface area contributed by atoms with Crippen LogP contribution in [0.4, 0.5) is 0 Å². The van der Waals surface area contributed by atoms with Gasteiger partial charge in [-0.1, -0.05) is 11.6 Å². The van der Waals surface area contributed by atoms with E-state index < -0.39 is 5.60 Å². The summed E-state index contributed by atoms with van der Waals surface area (Å²) in [6, 6.07) is 5.60. The predicted molar refractivity (Wildman–Crippen MR) is 98.3 cm³/mol. The van der Waals surface area contributed by atoms with Gasteiger partial charge in [-0.25, -0.2) is 0 Å². The molecule has 0 radical (unpaired) electrons. The molecule has 1 aromatic rings. The third kappa shape index (κ3) is 4.87.